The highest BCUT2D eigenvalue weighted by molar-refractivity contribution is 5.80. The van der Waals surface area contributed by atoms with Crippen LogP contribution in [0.3, 0.4) is 0 Å². The fourth-order valence-corrected chi connectivity index (χ4v) is 2.71. The number of hydrogen-bond donors (Lipinski definition) is 2. The fourth-order valence-electron chi connectivity index (χ4n) is 2.71. The summed E-state index contributed by atoms with van der Waals surface area (Å²) in [6.07, 6.45) is 3.94. The monoisotopic (exact) mass is 336 g/mol. The molecule has 0 saturated carbocycles. The molecule has 1 aliphatic heterocycles. The SMILES string of the molecule is CCNC(=NCCCn1nc2n(c1=O)CCCC2)NC(C)C(C)C. The Hall–Kier alpha value is -1.79. The third kappa shape index (κ3) is 4.85. The van der Waals surface area contributed by atoms with E-state index in [0.717, 1.165) is 50.6 Å². The summed E-state index contributed by atoms with van der Waals surface area (Å²) < 4.78 is 3.43. The Morgan fingerprint density at radius 3 is 2.79 bits per heavy atom. The van der Waals surface area contributed by atoms with E-state index in [9.17, 15) is 4.79 Å². The lowest BCUT2D eigenvalue weighted by Crippen LogP contribution is -2.44. The minimum Gasteiger partial charge on any atom is -0.357 e. The van der Waals surface area contributed by atoms with Gasteiger partial charge < -0.3 is 10.6 Å². The number of rotatable bonds is 7. The molecule has 136 valence electrons. The first kappa shape index (κ1) is 18.5. The van der Waals surface area contributed by atoms with Crippen molar-refractivity contribution in [2.75, 3.05) is 13.1 Å². The molecule has 0 saturated heterocycles. The maximum Gasteiger partial charge on any atom is 0.345 e. The van der Waals surface area contributed by atoms with Crippen molar-refractivity contribution >= 4 is 5.96 Å². The van der Waals surface area contributed by atoms with Crippen molar-refractivity contribution in [1.29, 1.82) is 0 Å². The maximum atomic E-state index is 12.3. The zero-order chi connectivity index (χ0) is 17.5. The second-order valence-electron chi connectivity index (χ2n) is 6.82. The summed E-state index contributed by atoms with van der Waals surface area (Å²) in [7, 11) is 0. The van der Waals surface area contributed by atoms with Gasteiger partial charge in [0.15, 0.2) is 5.96 Å². The van der Waals surface area contributed by atoms with Crippen molar-refractivity contribution in [1.82, 2.24) is 25.0 Å². The summed E-state index contributed by atoms with van der Waals surface area (Å²) in [6, 6.07) is 0.366. The van der Waals surface area contributed by atoms with Gasteiger partial charge in [0.25, 0.3) is 0 Å². The topological polar surface area (TPSA) is 76.2 Å². The molecule has 2 heterocycles. The lowest BCUT2D eigenvalue weighted by atomic mass is 10.1. The van der Waals surface area contributed by atoms with Crippen LogP contribution in [-0.2, 0) is 19.5 Å². The van der Waals surface area contributed by atoms with Gasteiger partial charge in [0, 0.05) is 38.6 Å². The molecule has 2 rings (SSSR count). The van der Waals surface area contributed by atoms with E-state index in [-0.39, 0.29) is 5.69 Å². The quantitative estimate of drug-likeness (QED) is 0.448. The molecule has 1 aliphatic rings. The summed E-state index contributed by atoms with van der Waals surface area (Å²) in [5, 5.41) is 11.1. The molecule has 2 N–H and O–H groups in total. The Morgan fingerprint density at radius 1 is 1.33 bits per heavy atom. The average molecular weight is 336 g/mol. The zero-order valence-electron chi connectivity index (χ0n) is 15.5. The van der Waals surface area contributed by atoms with E-state index < -0.39 is 0 Å². The predicted molar refractivity (Wildman–Crippen MR) is 97.5 cm³/mol. The van der Waals surface area contributed by atoms with Crippen LogP contribution in [0, 0.1) is 5.92 Å². The van der Waals surface area contributed by atoms with E-state index in [1.54, 1.807) is 4.68 Å². The Morgan fingerprint density at radius 2 is 2.12 bits per heavy atom. The number of hydrogen-bond acceptors (Lipinski definition) is 3. The van der Waals surface area contributed by atoms with E-state index in [2.05, 4.69) is 48.4 Å². The normalized spacial score (nSPS) is 16.1. The molecule has 7 heteroatoms. The lowest BCUT2D eigenvalue weighted by Gasteiger charge is -2.20. The minimum absolute atomic E-state index is 0.0344. The van der Waals surface area contributed by atoms with Gasteiger partial charge in [-0.3, -0.25) is 9.56 Å². The van der Waals surface area contributed by atoms with Crippen LogP contribution < -0.4 is 16.3 Å². The molecule has 0 radical (unpaired) electrons. The molecule has 1 aromatic heterocycles. The molecule has 0 spiro atoms. The zero-order valence-corrected chi connectivity index (χ0v) is 15.5. The number of nitrogens with zero attached hydrogens (tertiary/aromatic N) is 4. The Labute approximate surface area is 144 Å². The molecule has 0 amide bonds. The number of guanidine groups is 1. The molecule has 1 unspecified atom stereocenters. The predicted octanol–water partition coefficient (Wildman–Crippen LogP) is 1.37. The van der Waals surface area contributed by atoms with Crippen molar-refractivity contribution in [2.24, 2.45) is 10.9 Å². The summed E-state index contributed by atoms with van der Waals surface area (Å²) in [6.45, 7) is 11.6. The van der Waals surface area contributed by atoms with Crippen LogP contribution in [0.4, 0.5) is 0 Å². The van der Waals surface area contributed by atoms with E-state index in [1.165, 1.54) is 0 Å². The lowest BCUT2D eigenvalue weighted by molar-refractivity contribution is 0.480. The van der Waals surface area contributed by atoms with Crippen molar-refractivity contribution in [3.05, 3.63) is 16.3 Å². The number of aryl methyl sites for hydroxylation is 2. The van der Waals surface area contributed by atoms with Crippen LogP contribution in [0.25, 0.3) is 0 Å². The summed E-state index contributed by atoms with van der Waals surface area (Å²) in [5.41, 5.74) is 0.0344. The van der Waals surface area contributed by atoms with Gasteiger partial charge in [0.2, 0.25) is 0 Å². The number of fused-ring (bicyclic) bond motifs is 1. The van der Waals surface area contributed by atoms with Crippen molar-refractivity contribution in [2.45, 2.75) is 72.5 Å². The Bertz CT molecular complexity index is 601. The van der Waals surface area contributed by atoms with Gasteiger partial charge in [-0.25, -0.2) is 9.48 Å². The van der Waals surface area contributed by atoms with Crippen LogP contribution in [0.5, 0.6) is 0 Å². The van der Waals surface area contributed by atoms with Gasteiger partial charge in [-0.2, -0.15) is 5.10 Å². The van der Waals surface area contributed by atoms with E-state index >= 15 is 0 Å². The number of aromatic nitrogens is 3. The fraction of sp³-hybridized carbons (Fsp3) is 0.824. The van der Waals surface area contributed by atoms with Gasteiger partial charge in [-0.05, 0) is 39.0 Å². The standard InChI is InChI=1S/C17H32N6O/c1-5-18-16(20-14(4)13(2)3)19-10-8-12-23-17(24)22-11-7-6-9-15(22)21-23/h13-14H,5-12H2,1-4H3,(H2,18,19,20). The maximum absolute atomic E-state index is 12.3. The van der Waals surface area contributed by atoms with Gasteiger partial charge in [-0.15, -0.1) is 0 Å². The first-order chi connectivity index (χ1) is 11.5. The Kier molecular flexibility index (Phi) is 6.87. The van der Waals surface area contributed by atoms with Gasteiger partial charge in [0.1, 0.15) is 5.82 Å². The summed E-state index contributed by atoms with van der Waals surface area (Å²) >= 11 is 0. The highest BCUT2D eigenvalue weighted by Gasteiger charge is 2.16. The van der Waals surface area contributed by atoms with E-state index in [4.69, 9.17) is 0 Å². The van der Waals surface area contributed by atoms with Crippen LogP contribution >= 0.6 is 0 Å². The molecule has 0 bridgehead atoms. The molecule has 0 fully saturated rings. The van der Waals surface area contributed by atoms with Crippen molar-refractivity contribution in [3.63, 3.8) is 0 Å². The van der Waals surface area contributed by atoms with Gasteiger partial charge in [-0.1, -0.05) is 13.8 Å². The third-order valence-electron chi connectivity index (χ3n) is 4.54. The molecule has 1 atom stereocenters. The highest BCUT2D eigenvalue weighted by Crippen LogP contribution is 2.09. The molecular formula is C17H32N6O. The third-order valence-corrected chi connectivity index (χ3v) is 4.54. The van der Waals surface area contributed by atoms with Crippen LogP contribution in [0.15, 0.2) is 9.79 Å². The molecule has 24 heavy (non-hydrogen) atoms. The molecule has 0 aliphatic carbocycles. The first-order valence-electron chi connectivity index (χ1n) is 9.24. The summed E-state index contributed by atoms with van der Waals surface area (Å²) in [4.78, 5) is 16.9. The van der Waals surface area contributed by atoms with Crippen molar-refractivity contribution in [3.8, 4) is 0 Å². The molecule has 7 nitrogen and oxygen atoms in total. The highest BCUT2D eigenvalue weighted by atomic mass is 16.2. The summed E-state index contributed by atoms with van der Waals surface area (Å²) in [5.74, 6) is 2.33. The van der Waals surface area contributed by atoms with Gasteiger partial charge in [0.05, 0.1) is 0 Å². The minimum atomic E-state index is 0.0344. The Balaban J connectivity index is 1.88. The molecule has 0 aromatic carbocycles. The van der Waals surface area contributed by atoms with Crippen molar-refractivity contribution < 1.29 is 0 Å². The molecular weight excluding hydrogens is 304 g/mol. The number of aliphatic imine (C=N–C) groups is 1. The first-order valence-corrected chi connectivity index (χ1v) is 9.24. The molecule has 1 aromatic rings. The second kappa shape index (κ2) is 8.89. The van der Waals surface area contributed by atoms with Crippen LogP contribution in [0.1, 0.15) is 52.8 Å². The largest absolute Gasteiger partial charge is 0.357 e. The van der Waals surface area contributed by atoms with Crippen LogP contribution in [-0.4, -0.2) is 39.4 Å². The van der Waals surface area contributed by atoms with Gasteiger partial charge >= 0.3 is 5.69 Å². The van der Waals surface area contributed by atoms with E-state index in [1.807, 2.05) is 4.57 Å². The second-order valence-corrected chi connectivity index (χ2v) is 6.82. The number of nitrogens with one attached hydrogen (secondary N) is 2. The smallest absolute Gasteiger partial charge is 0.345 e. The van der Waals surface area contributed by atoms with Crippen LogP contribution in [0.2, 0.25) is 0 Å². The average Bonchev–Trinajstić information content (AvgIpc) is 2.88. The van der Waals surface area contributed by atoms with E-state index in [0.29, 0.717) is 25.0 Å².